The number of carbonyl (C=O) groups excluding carboxylic acids is 1. The van der Waals surface area contributed by atoms with Gasteiger partial charge in [-0.05, 0) is 36.2 Å². The van der Waals surface area contributed by atoms with E-state index in [1.807, 2.05) is 0 Å². The van der Waals surface area contributed by atoms with Crippen LogP contribution in [0, 0.1) is 11.3 Å². The topological polar surface area (TPSA) is 26.3 Å². The SMILES string of the molecule is C=C1CC[C@H](C(C)(C)C)C[C@H]1OC(C)=O. The van der Waals surface area contributed by atoms with Crippen LogP contribution >= 0.6 is 0 Å². The second-order valence-electron chi connectivity index (χ2n) is 5.59. The first-order valence-corrected chi connectivity index (χ1v) is 5.65. The summed E-state index contributed by atoms with van der Waals surface area (Å²) in [4.78, 5) is 11.0. The van der Waals surface area contributed by atoms with E-state index in [2.05, 4.69) is 27.4 Å². The minimum Gasteiger partial charge on any atom is -0.458 e. The lowest BCUT2D eigenvalue weighted by Crippen LogP contribution is -2.32. The van der Waals surface area contributed by atoms with Crippen molar-refractivity contribution in [3.05, 3.63) is 12.2 Å². The molecule has 1 rings (SSSR count). The molecule has 0 aromatic carbocycles. The summed E-state index contributed by atoms with van der Waals surface area (Å²) in [5, 5.41) is 0. The zero-order valence-corrected chi connectivity index (χ0v) is 10.3. The van der Waals surface area contributed by atoms with E-state index in [0.717, 1.165) is 18.4 Å². The standard InChI is InChI=1S/C13H22O2/c1-9-6-7-11(13(3,4)5)8-12(9)15-10(2)14/h11-12H,1,6-8H2,2-5H3/t11-,12+/m0/s1. The van der Waals surface area contributed by atoms with Crippen molar-refractivity contribution >= 4 is 5.97 Å². The van der Waals surface area contributed by atoms with Gasteiger partial charge in [0.15, 0.2) is 0 Å². The predicted octanol–water partition coefficient (Wildman–Crippen LogP) is 3.32. The third kappa shape index (κ3) is 3.37. The fraction of sp³-hybridized carbons (Fsp3) is 0.769. The normalized spacial score (nSPS) is 27.6. The van der Waals surface area contributed by atoms with Crippen molar-refractivity contribution in [3.8, 4) is 0 Å². The van der Waals surface area contributed by atoms with Crippen LogP contribution in [0.1, 0.15) is 47.0 Å². The predicted molar refractivity (Wildman–Crippen MR) is 61.5 cm³/mol. The van der Waals surface area contributed by atoms with E-state index in [-0.39, 0.29) is 12.1 Å². The first kappa shape index (κ1) is 12.3. The summed E-state index contributed by atoms with van der Waals surface area (Å²) in [7, 11) is 0. The Balaban J connectivity index is 2.64. The second-order valence-corrected chi connectivity index (χ2v) is 5.59. The van der Waals surface area contributed by atoms with Gasteiger partial charge in [-0.25, -0.2) is 0 Å². The molecule has 0 bridgehead atoms. The van der Waals surface area contributed by atoms with Crippen molar-refractivity contribution < 1.29 is 9.53 Å². The highest BCUT2D eigenvalue weighted by atomic mass is 16.5. The van der Waals surface area contributed by atoms with Gasteiger partial charge in [0.25, 0.3) is 0 Å². The zero-order chi connectivity index (χ0) is 11.6. The van der Waals surface area contributed by atoms with Crippen molar-refractivity contribution in [2.24, 2.45) is 11.3 Å². The third-order valence-corrected chi connectivity index (χ3v) is 3.30. The highest BCUT2D eigenvalue weighted by Gasteiger charge is 2.33. The summed E-state index contributed by atoms with van der Waals surface area (Å²) in [5.41, 5.74) is 1.37. The molecule has 2 nitrogen and oxygen atoms in total. The highest BCUT2D eigenvalue weighted by Crippen LogP contribution is 2.40. The molecule has 1 saturated carbocycles. The van der Waals surface area contributed by atoms with Gasteiger partial charge in [-0.15, -0.1) is 0 Å². The van der Waals surface area contributed by atoms with Crippen molar-refractivity contribution in [1.29, 1.82) is 0 Å². The largest absolute Gasteiger partial charge is 0.458 e. The van der Waals surface area contributed by atoms with Gasteiger partial charge in [-0.3, -0.25) is 4.79 Å². The lowest BCUT2D eigenvalue weighted by molar-refractivity contribution is -0.146. The minimum absolute atomic E-state index is 0.0551. The van der Waals surface area contributed by atoms with E-state index < -0.39 is 0 Å². The summed E-state index contributed by atoms with van der Waals surface area (Å²) in [5.74, 6) is 0.419. The van der Waals surface area contributed by atoms with Gasteiger partial charge in [0.1, 0.15) is 6.10 Å². The molecule has 0 radical (unpaired) electrons. The van der Waals surface area contributed by atoms with Gasteiger partial charge in [0.2, 0.25) is 0 Å². The van der Waals surface area contributed by atoms with Crippen LogP contribution < -0.4 is 0 Å². The Morgan fingerprint density at radius 2 is 2.07 bits per heavy atom. The lowest BCUT2D eigenvalue weighted by Gasteiger charge is -2.38. The number of hydrogen-bond donors (Lipinski definition) is 0. The van der Waals surface area contributed by atoms with E-state index >= 15 is 0 Å². The minimum atomic E-state index is -0.198. The quantitative estimate of drug-likeness (QED) is 0.490. The molecule has 1 aliphatic rings. The molecule has 86 valence electrons. The maximum Gasteiger partial charge on any atom is 0.303 e. The van der Waals surface area contributed by atoms with Gasteiger partial charge in [-0.1, -0.05) is 27.4 Å². The lowest BCUT2D eigenvalue weighted by atomic mass is 9.70. The number of esters is 1. The Labute approximate surface area is 92.7 Å². The van der Waals surface area contributed by atoms with Gasteiger partial charge in [0.05, 0.1) is 0 Å². The van der Waals surface area contributed by atoms with Crippen molar-refractivity contribution in [1.82, 2.24) is 0 Å². The van der Waals surface area contributed by atoms with Crippen LogP contribution in [0.15, 0.2) is 12.2 Å². The Morgan fingerprint density at radius 3 is 2.53 bits per heavy atom. The van der Waals surface area contributed by atoms with Gasteiger partial charge >= 0.3 is 5.97 Å². The zero-order valence-electron chi connectivity index (χ0n) is 10.3. The molecule has 1 aliphatic carbocycles. The van der Waals surface area contributed by atoms with E-state index in [1.165, 1.54) is 13.3 Å². The Bertz CT molecular complexity index is 260. The van der Waals surface area contributed by atoms with Crippen molar-refractivity contribution in [3.63, 3.8) is 0 Å². The molecule has 0 aromatic rings. The van der Waals surface area contributed by atoms with E-state index in [0.29, 0.717) is 11.3 Å². The highest BCUT2D eigenvalue weighted by molar-refractivity contribution is 5.66. The van der Waals surface area contributed by atoms with Gasteiger partial charge < -0.3 is 4.74 Å². The third-order valence-electron chi connectivity index (χ3n) is 3.30. The number of hydrogen-bond acceptors (Lipinski definition) is 2. The number of ether oxygens (including phenoxy) is 1. The van der Waals surface area contributed by atoms with Crippen LogP contribution in [0.2, 0.25) is 0 Å². The Kier molecular flexibility index (Phi) is 3.58. The monoisotopic (exact) mass is 210 g/mol. The maximum absolute atomic E-state index is 11.0. The molecule has 0 N–H and O–H groups in total. The van der Waals surface area contributed by atoms with Crippen molar-refractivity contribution in [2.75, 3.05) is 0 Å². The molecular weight excluding hydrogens is 188 g/mol. The molecule has 0 amide bonds. The summed E-state index contributed by atoms with van der Waals surface area (Å²) < 4.78 is 5.29. The fourth-order valence-corrected chi connectivity index (χ4v) is 2.18. The molecule has 2 heteroatoms. The summed E-state index contributed by atoms with van der Waals surface area (Å²) in [6.45, 7) is 12.2. The van der Waals surface area contributed by atoms with Crippen LogP contribution in [0.3, 0.4) is 0 Å². The molecule has 0 saturated heterocycles. The van der Waals surface area contributed by atoms with E-state index in [1.54, 1.807) is 0 Å². The smallest absolute Gasteiger partial charge is 0.303 e. The average molecular weight is 210 g/mol. The van der Waals surface area contributed by atoms with Crippen LogP contribution in [0.5, 0.6) is 0 Å². The molecule has 2 atom stereocenters. The van der Waals surface area contributed by atoms with Crippen molar-refractivity contribution in [2.45, 2.75) is 53.1 Å². The van der Waals surface area contributed by atoms with Crippen LogP contribution in [-0.2, 0) is 9.53 Å². The molecule has 1 fully saturated rings. The van der Waals surface area contributed by atoms with E-state index in [4.69, 9.17) is 4.74 Å². The Morgan fingerprint density at radius 1 is 1.47 bits per heavy atom. The number of carbonyl (C=O) groups is 1. The maximum atomic E-state index is 11.0. The Hall–Kier alpha value is -0.790. The summed E-state index contributed by atoms with van der Waals surface area (Å²) in [6, 6.07) is 0. The first-order valence-electron chi connectivity index (χ1n) is 5.65. The van der Waals surface area contributed by atoms with Crippen LogP contribution in [0.25, 0.3) is 0 Å². The first-order chi connectivity index (χ1) is 6.80. The van der Waals surface area contributed by atoms with Gasteiger partial charge in [0, 0.05) is 6.92 Å². The molecule has 0 aliphatic heterocycles. The molecule has 0 aromatic heterocycles. The second kappa shape index (κ2) is 4.38. The van der Waals surface area contributed by atoms with Crippen LogP contribution in [0.4, 0.5) is 0 Å². The molecule has 0 unspecified atom stereocenters. The fourth-order valence-electron chi connectivity index (χ4n) is 2.18. The molecular formula is C13H22O2. The number of rotatable bonds is 1. The van der Waals surface area contributed by atoms with Crippen LogP contribution in [-0.4, -0.2) is 12.1 Å². The molecule has 15 heavy (non-hydrogen) atoms. The van der Waals surface area contributed by atoms with E-state index in [9.17, 15) is 4.79 Å². The molecule has 0 heterocycles. The molecule has 0 spiro atoms. The summed E-state index contributed by atoms with van der Waals surface area (Å²) in [6.07, 6.45) is 3.03. The average Bonchev–Trinajstić information content (AvgIpc) is 2.06. The summed E-state index contributed by atoms with van der Waals surface area (Å²) >= 11 is 0. The van der Waals surface area contributed by atoms with Gasteiger partial charge in [-0.2, -0.15) is 0 Å².